The molecule has 1 saturated heterocycles. The third-order valence-corrected chi connectivity index (χ3v) is 3.09. The maximum Gasteiger partial charge on any atom is 0.127 e. The molecule has 0 atom stereocenters. The van der Waals surface area contributed by atoms with E-state index in [0.717, 1.165) is 13.1 Å². The average molecular weight is 230 g/mol. The molecule has 1 N–H and O–H groups in total. The first-order valence-corrected chi connectivity index (χ1v) is 5.23. The molecule has 0 saturated carbocycles. The van der Waals surface area contributed by atoms with Gasteiger partial charge in [-0.3, -0.25) is 0 Å². The molecule has 1 heterocycles. The highest BCUT2D eigenvalue weighted by Gasteiger charge is 2.37. The zero-order valence-corrected chi connectivity index (χ0v) is 9.27. The van der Waals surface area contributed by atoms with E-state index in [-0.39, 0.29) is 11.4 Å². The molecule has 2 nitrogen and oxygen atoms in total. The molecule has 1 aromatic carbocycles. The van der Waals surface area contributed by atoms with Crippen molar-refractivity contribution in [1.29, 1.82) is 0 Å². The van der Waals surface area contributed by atoms with Gasteiger partial charge in [0.25, 0.3) is 0 Å². The summed E-state index contributed by atoms with van der Waals surface area (Å²) in [4.78, 5) is 0. The topological polar surface area (TPSA) is 21.3 Å². The highest BCUT2D eigenvalue weighted by molar-refractivity contribution is 6.30. The lowest BCUT2D eigenvalue weighted by atomic mass is 9.88. The summed E-state index contributed by atoms with van der Waals surface area (Å²) in [6.07, 6.45) is 0.583. The molecular weight excluding hydrogens is 217 g/mol. The number of hydrogen-bond acceptors (Lipinski definition) is 2. The van der Waals surface area contributed by atoms with E-state index in [1.807, 2.05) is 0 Å². The summed E-state index contributed by atoms with van der Waals surface area (Å²) in [7, 11) is 1.66. The summed E-state index contributed by atoms with van der Waals surface area (Å²) in [5, 5.41) is 3.56. The van der Waals surface area contributed by atoms with Crippen molar-refractivity contribution >= 4 is 11.6 Å². The molecule has 82 valence electrons. The first-order valence-electron chi connectivity index (χ1n) is 4.85. The Balaban J connectivity index is 2.16. The predicted molar refractivity (Wildman–Crippen MR) is 57.7 cm³/mol. The van der Waals surface area contributed by atoms with E-state index in [2.05, 4.69) is 5.32 Å². The first-order chi connectivity index (χ1) is 7.15. The van der Waals surface area contributed by atoms with Crippen LogP contribution in [0.2, 0.25) is 5.02 Å². The summed E-state index contributed by atoms with van der Waals surface area (Å²) in [6, 6.07) is 4.76. The van der Waals surface area contributed by atoms with Gasteiger partial charge >= 0.3 is 0 Å². The van der Waals surface area contributed by atoms with Crippen molar-refractivity contribution in [2.75, 3.05) is 20.2 Å². The number of hydrogen-bond donors (Lipinski definition) is 1. The number of benzene rings is 1. The highest BCUT2D eigenvalue weighted by Crippen LogP contribution is 2.24. The van der Waals surface area contributed by atoms with Gasteiger partial charge in [0, 0.05) is 31.6 Å². The molecule has 4 heteroatoms. The molecule has 0 aliphatic carbocycles. The maximum atomic E-state index is 13.5. The van der Waals surface area contributed by atoms with E-state index < -0.39 is 0 Å². The molecule has 0 unspecified atom stereocenters. The van der Waals surface area contributed by atoms with Crippen molar-refractivity contribution in [3.05, 3.63) is 34.6 Å². The molecule has 0 radical (unpaired) electrons. The molecule has 1 fully saturated rings. The van der Waals surface area contributed by atoms with Crippen molar-refractivity contribution < 1.29 is 9.13 Å². The minimum atomic E-state index is -0.258. The lowest BCUT2D eigenvalue weighted by Gasteiger charge is -2.41. The Hall–Kier alpha value is -0.640. The third-order valence-electron chi connectivity index (χ3n) is 2.86. The first kappa shape index (κ1) is 10.9. The van der Waals surface area contributed by atoms with Crippen molar-refractivity contribution in [1.82, 2.24) is 5.32 Å². The average Bonchev–Trinajstić information content (AvgIpc) is 2.14. The quantitative estimate of drug-likeness (QED) is 0.856. The molecule has 2 rings (SSSR count). The van der Waals surface area contributed by atoms with Crippen molar-refractivity contribution in [3.8, 4) is 0 Å². The Labute approximate surface area is 93.4 Å². The second-order valence-corrected chi connectivity index (χ2v) is 4.34. The van der Waals surface area contributed by atoms with Gasteiger partial charge in [0.15, 0.2) is 0 Å². The van der Waals surface area contributed by atoms with Crippen LogP contribution in [0.15, 0.2) is 18.2 Å². The molecule has 0 amide bonds. The number of rotatable bonds is 3. The fourth-order valence-electron chi connectivity index (χ4n) is 1.76. The summed E-state index contributed by atoms with van der Waals surface area (Å²) >= 11 is 5.69. The van der Waals surface area contributed by atoms with Crippen LogP contribution in [-0.2, 0) is 11.2 Å². The van der Waals surface area contributed by atoms with Gasteiger partial charge in [-0.05, 0) is 17.7 Å². The summed E-state index contributed by atoms with van der Waals surface area (Å²) in [6.45, 7) is 1.54. The van der Waals surface area contributed by atoms with Gasteiger partial charge in [-0.15, -0.1) is 0 Å². The van der Waals surface area contributed by atoms with E-state index in [4.69, 9.17) is 16.3 Å². The van der Waals surface area contributed by atoms with Crippen LogP contribution in [0.1, 0.15) is 5.56 Å². The van der Waals surface area contributed by atoms with Gasteiger partial charge in [0.2, 0.25) is 0 Å². The van der Waals surface area contributed by atoms with Crippen LogP contribution in [0.25, 0.3) is 0 Å². The molecule has 15 heavy (non-hydrogen) atoms. The van der Waals surface area contributed by atoms with Gasteiger partial charge < -0.3 is 10.1 Å². The van der Waals surface area contributed by atoms with Gasteiger partial charge in [-0.2, -0.15) is 0 Å². The van der Waals surface area contributed by atoms with Gasteiger partial charge in [0.05, 0.1) is 5.60 Å². The second-order valence-electron chi connectivity index (χ2n) is 3.90. The Kier molecular flexibility index (Phi) is 2.96. The van der Waals surface area contributed by atoms with Crippen LogP contribution in [-0.4, -0.2) is 25.8 Å². The minimum Gasteiger partial charge on any atom is -0.375 e. The number of halogens is 2. The molecular formula is C11H13ClFNO. The lowest BCUT2D eigenvalue weighted by molar-refractivity contribution is -0.0507. The zero-order valence-electron chi connectivity index (χ0n) is 8.52. The van der Waals surface area contributed by atoms with Crippen LogP contribution in [0, 0.1) is 5.82 Å². The SMILES string of the molecule is COC1(Cc2ccc(Cl)cc2F)CNC1. The second kappa shape index (κ2) is 4.08. The summed E-state index contributed by atoms with van der Waals surface area (Å²) in [5.41, 5.74) is 0.414. The predicted octanol–water partition coefficient (Wildman–Crippen LogP) is 2.01. The monoisotopic (exact) mass is 229 g/mol. The van der Waals surface area contributed by atoms with Crippen LogP contribution in [0.5, 0.6) is 0 Å². The van der Waals surface area contributed by atoms with Crippen LogP contribution < -0.4 is 5.32 Å². The van der Waals surface area contributed by atoms with E-state index >= 15 is 0 Å². The van der Waals surface area contributed by atoms with E-state index in [9.17, 15) is 4.39 Å². The fourth-order valence-corrected chi connectivity index (χ4v) is 1.92. The highest BCUT2D eigenvalue weighted by atomic mass is 35.5. The molecule has 0 aromatic heterocycles. The van der Waals surface area contributed by atoms with Crippen molar-refractivity contribution in [2.45, 2.75) is 12.0 Å². The normalized spacial score (nSPS) is 18.6. The third kappa shape index (κ3) is 2.14. The summed E-state index contributed by atoms with van der Waals surface area (Å²) < 4.78 is 18.9. The molecule has 1 aromatic rings. The Bertz CT molecular complexity index is 360. The number of methoxy groups -OCH3 is 1. The lowest BCUT2D eigenvalue weighted by Crippen LogP contribution is -2.62. The van der Waals surface area contributed by atoms with E-state index in [1.54, 1.807) is 19.2 Å². The van der Waals surface area contributed by atoms with Gasteiger partial charge in [-0.25, -0.2) is 4.39 Å². The molecule has 1 aliphatic rings. The fraction of sp³-hybridized carbons (Fsp3) is 0.455. The largest absolute Gasteiger partial charge is 0.375 e. The van der Waals surface area contributed by atoms with Crippen LogP contribution in [0.4, 0.5) is 4.39 Å². The van der Waals surface area contributed by atoms with Crippen LogP contribution in [0.3, 0.4) is 0 Å². The number of nitrogens with one attached hydrogen (secondary N) is 1. The van der Waals surface area contributed by atoms with E-state index in [1.165, 1.54) is 6.07 Å². The van der Waals surface area contributed by atoms with Crippen LogP contribution >= 0.6 is 11.6 Å². The minimum absolute atomic E-state index is 0.241. The molecule has 0 spiro atoms. The maximum absolute atomic E-state index is 13.5. The molecule has 1 aliphatic heterocycles. The smallest absolute Gasteiger partial charge is 0.127 e. The van der Waals surface area contributed by atoms with Gasteiger partial charge in [0.1, 0.15) is 5.82 Å². The van der Waals surface area contributed by atoms with Crippen molar-refractivity contribution in [3.63, 3.8) is 0 Å². The standard InChI is InChI=1S/C11H13ClFNO/c1-15-11(6-14-7-11)5-8-2-3-9(12)4-10(8)13/h2-4,14H,5-7H2,1H3. The molecule has 0 bridgehead atoms. The Morgan fingerprint density at radius 1 is 1.53 bits per heavy atom. The van der Waals surface area contributed by atoms with Crippen molar-refractivity contribution in [2.24, 2.45) is 0 Å². The number of ether oxygens (including phenoxy) is 1. The Morgan fingerprint density at radius 2 is 2.27 bits per heavy atom. The Morgan fingerprint density at radius 3 is 2.73 bits per heavy atom. The van der Waals surface area contributed by atoms with Gasteiger partial charge in [-0.1, -0.05) is 17.7 Å². The summed E-state index contributed by atoms with van der Waals surface area (Å²) in [5.74, 6) is -0.258. The van der Waals surface area contributed by atoms with E-state index in [0.29, 0.717) is 17.0 Å². The zero-order chi connectivity index (χ0) is 10.9.